The van der Waals surface area contributed by atoms with Crippen molar-refractivity contribution in [3.63, 3.8) is 0 Å². The molecular formula is C19H19F3N2O2. The number of rotatable bonds is 4. The van der Waals surface area contributed by atoms with Gasteiger partial charge < -0.3 is 9.64 Å². The van der Waals surface area contributed by atoms with E-state index in [2.05, 4.69) is 4.98 Å². The Bertz CT molecular complexity index is 775. The van der Waals surface area contributed by atoms with Gasteiger partial charge in [-0.15, -0.1) is 0 Å². The van der Waals surface area contributed by atoms with Crippen molar-refractivity contribution >= 4 is 5.91 Å². The van der Waals surface area contributed by atoms with Crippen molar-refractivity contribution in [3.05, 3.63) is 59.3 Å². The Morgan fingerprint density at radius 2 is 2.12 bits per heavy atom. The summed E-state index contributed by atoms with van der Waals surface area (Å²) in [6.45, 7) is 2.86. The summed E-state index contributed by atoms with van der Waals surface area (Å²) in [4.78, 5) is 18.2. The molecule has 0 bridgehead atoms. The van der Waals surface area contributed by atoms with Crippen LogP contribution in [-0.2, 0) is 17.4 Å². The van der Waals surface area contributed by atoms with Gasteiger partial charge >= 0.3 is 6.18 Å². The average molecular weight is 364 g/mol. The second-order valence-corrected chi connectivity index (χ2v) is 6.42. The topological polar surface area (TPSA) is 42.4 Å². The van der Waals surface area contributed by atoms with E-state index in [4.69, 9.17) is 4.74 Å². The number of aromatic nitrogens is 1. The molecule has 138 valence electrons. The minimum atomic E-state index is -4.41. The summed E-state index contributed by atoms with van der Waals surface area (Å²) in [7, 11) is 0. The number of aryl methyl sites for hydroxylation is 1. The van der Waals surface area contributed by atoms with Gasteiger partial charge in [0.2, 0.25) is 11.8 Å². The Labute approximate surface area is 149 Å². The first kappa shape index (κ1) is 18.2. The van der Waals surface area contributed by atoms with E-state index in [9.17, 15) is 18.0 Å². The Kier molecular flexibility index (Phi) is 5.15. The van der Waals surface area contributed by atoms with Gasteiger partial charge in [0, 0.05) is 25.2 Å². The molecule has 0 aliphatic carbocycles. The number of nitrogens with zero attached hydrogens (tertiary/aromatic N) is 2. The first-order chi connectivity index (χ1) is 12.3. The number of halogens is 3. The summed E-state index contributed by atoms with van der Waals surface area (Å²) < 4.78 is 44.1. The van der Waals surface area contributed by atoms with Gasteiger partial charge in [0.05, 0.1) is 18.5 Å². The number of amides is 1. The SMILES string of the molecule is Cc1ccc(OC2CCN(C(=O)Cc3cccc(C(F)(F)F)c3)C2)nc1. The summed E-state index contributed by atoms with van der Waals surface area (Å²) in [5.74, 6) is 0.306. The standard InChI is InChI=1S/C19H19F3N2O2/c1-13-5-6-17(23-11-13)26-16-7-8-24(12-16)18(25)10-14-3-2-4-15(9-14)19(20,21)22/h2-6,9,11,16H,7-8,10,12H2,1H3. The van der Waals surface area contributed by atoms with Crippen LogP contribution < -0.4 is 4.74 Å². The van der Waals surface area contributed by atoms with Crippen molar-refractivity contribution < 1.29 is 22.7 Å². The lowest BCUT2D eigenvalue weighted by molar-refractivity contribution is -0.138. The molecule has 0 spiro atoms. The number of pyridine rings is 1. The summed E-state index contributed by atoms with van der Waals surface area (Å²) >= 11 is 0. The fraction of sp³-hybridized carbons (Fsp3) is 0.368. The molecule has 2 heterocycles. The maximum atomic E-state index is 12.8. The highest BCUT2D eigenvalue weighted by atomic mass is 19.4. The van der Waals surface area contributed by atoms with Gasteiger partial charge in [-0.2, -0.15) is 13.2 Å². The lowest BCUT2D eigenvalue weighted by Crippen LogP contribution is -2.32. The predicted molar refractivity (Wildman–Crippen MR) is 89.7 cm³/mol. The number of hydrogen-bond donors (Lipinski definition) is 0. The number of carbonyl (C=O) groups excluding carboxylic acids is 1. The van der Waals surface area contributed by atoms with Crippen LogP contribution in [-0.4, -0.2) is 35.0 Å². The third-order valence-corrected chi connectivity index (χ3v) is 4.28. The molecule has 1 aromatic heterocycles. The second-order valence-electron chi connectivity index (χ2n) is 6.42. The molecule has 0 saturated carbocycles. The van der Waals surface area contributed by atoms with Crippen LogP contribution in [0.15, 0.2) is 42.6 Å². The van der Waals surface area contributed by atoms with Crippen molar-refractivity contribution in [1.29, 1.82) is 0 Å². The average Bonchev–Trinajstić information content (AvgIpc) is 3.05. The van der Waals surface area contributed by atoms with E-state index in [0.29, 0.717) is 31.0 Å². The van der Waals surface area contributed by atoms with Gasteiger partial charge in [0.25, 0.3) is 0 Å². The molecule has 0 N–H and O–H groups in total. The second kappa shape index (κ2) is 7.35. The van der Waals surface area contributed by atoms with Crippen LogP contribution in [0.1, 0.15) is 23.1 Å². The van der Waals surface area contributed by atoms with Gasteiger partial charge in [-0.05, 0) is 24.1 Å². The number of benzene rings is 1. The van der Waals surface area contributed by atoms with Gasteiger partial charge in [0.15, 0.2) is 0 Å². The molecule has 1 unspecified atom stereocenters. The minimum Gasteiger partial charge on any atom is -0.472 e. The number of alkyl halides is 3. The normalized spacial score (nSPS) is 17.4. The molecule has 1 fully saturated rings. The van der Waals surface area contributed by atoms with Gasteiger partial charge in [-0.3, -0.25) is 4.79 Å². The summed E-state index contributed by atoms with van der Waals surface area (Å²) in [5, 5.41) is 0. The van der Waals surface area contributed by atoms with Crippen LogP contribution >= 0.6 is 0 Å². The van der Waals surface area contributed by atoms with Crippen LogP contribution in [0, 0.1) is 6.92 Å². The van der Waals surface area contributed by atoms with E-state index in [1.807, 2.05) is 13.0 Å². The molecule has 1 amide bonds. The zero-order chi connectivity index (χ0) is 18.7. The lowest BCUT2D eigenvalue weighted by Gasteiger charge is -2.17. The molecule has 1 aromatic carbocycles. The Hall–Kier alpha value is -2.57. The number of ether oxygens (including phenoxy) is 1. The van der Waals surface area contributed by atoms with Gasteiger partial charge in [-0.25, -0.2) is 4.98 Å². The Morgan fingerprint density at radius 3 is 2.81 bits per heavy atom. The lowest BCUT2D eigenvalue weighted by atomic mass is 10.1. The maximum Gasteiger partial charge on any atom is 0.416 e. The van der Waals surface area contributed by atoms with E-state index in [1.54, 1.807) is 17.2 Å². The van der Waals surface area contributed by atoms with Gasteiger partial charge in [0.1, 0.15) is 6.10 Å². The van der Waals surface area contributed by atoms with Crippen molar-refractivity contribution in [2.75, 3.05) is 13.1 Å². The highest BCUT2D eigenvalue weighted by Crippen LogP contribution is 2.29. The molecule has 1 atom stereocenters. The quantitative estimate of drug-likeness (QED) is 0.832. The van der Waals surface area contributed by atoms with Crippen molar-refractivity contribution in [2.45, 2.75) is 32.0 Å². The fourth-order valence-electron chi connectivity index (χ4n) is 2.89. The van der Waals surface area contributed by atoms with Crippen LogP contribution in [0.25, 0.3) is 0 Å². The van der Waals surface area contributed by atoms with Crippen molar-refractivity contribution in [1.82, 2.24) is 9.88 Å². The molecular weight excluding hydrogens is 345 g/mol. The molecule has 1 aliphatic heterocycles. The third kappa shape index (κ3) is 4.53. The van der Waals surface area contributed by atoms with Crippen molar-refractivity contribution in [2.24, 2.45) is 0 Å². The van der Waals surface area contributed by atoms with E-state index >= 15 is 0 Å². The van der Waals surface area contributed by atoms with E-state index < -0.39 is 11.7 Å². The molecule has 26 heavy (non-hydrogen) atoms. The predicted octanol–water partition coefficient (Wildman–Crippen LogP) is 3.63. The first-order valence-corrected chi connectivity index (χ1v) is 8.34. The van der Waals surface area contributed by atoms with E-state index in [1.165, 1.54) is 12.1 Å². The monoisotopic (exact) mass is 364 g/mol. The Morgan fingerprint density at radius 1 is 1.31 bits per heavy atom. The molecule has 3 rings (SSSR count). The molecule has 4 nitrogen and oxygen atoms in total. The fourth-order valence-corrected chi connectivity index (χ4v) is 2.89. The van der Waals surface area contributed by atoms with Crippen LogP contribution in [0.2, 0.25) is 0 Å². The highest BCUT2D eigenvalue weighted by Gasteiger charge is 2.31. The van der Waals surface area contributed by atoms with Crippen LogP contribution in [0.3, 0.4) is 0 Å². The molecule has 7 heteroatoms. The van der Waals surface area contributed by atoms with Crippen LogP contribution in [0.4, 0.5) is 13.2 Å². The summed E-state index contributed by atoms with van der Waals surface area (Å²) in [6, 6.07) is 8.56. The van der Waals surface area contributed by atoms with E-state index in [-0.39, 0.29) is 18.4 Å². The zero-order valence-electron chi connectivity index (χ0n) is 14.3. The molecule has 1 saturated heterocycles. The molecule has 1 aliphatic rings. The highest BCUT2D eigenvalue weighted by molar-refractivity contribution is 5.79. The molecule has 2 aromatic rings. The largest absolute Gasteiger partial charge is 0.472 e. The van der Waals surface area contributed by atoms with Crippen molar-refractivity contribution in [3.8, 4) is 5.88 Å². The minimum absolute atomic E-state index is 0.0561. The smallest absolute Gasteiger partial charge is 0.416 e. The first-order valence-electron chi connectivity index (χ1n) is 8.34. The number of hydrogen-bond acceptors (Lipinski definition) is 3. The number of likely N-dealkylation sites (tertiary alicyclic amines) is 1. The maximum absolute atomic E-state index is 12.8. The summed E-state index contributed by atoms with van der Waals surface area (Å²) in [6.07, 6.45) is -2.24. The van der Waals surface area contributed by atoms with Gasteiger partial charge in [-0.1, -0.05) is 24.3 Å². The number of carbonyl (C=O) groups is 1. The Balaban J connectivity index is 1.57. The van der Waals surface area contributed by atoms with Crippen LogP contribution in [0.5, 0.6) is 5.88 Å². The zero-order valence-corrected chi connectivity index (χ0v) is 14.3. The summed E-state index contributed by atoms with van der Waals surface area (Å²) in [5.41, 5.74) is 0.645. The molecule has 0 radical (unpaired) electrons. The third-order valence-electron chi connectivity index (χ3n) is 4.28. The van der Waals surface area contributed by atoms with E-state index in [0.717, 1.165) is 17.7 Å².